The number of piperidine rings is 1. The van der Waals surface area contributed by atoms with E-state index in [4.69, 9.17) is 0 Å². The quantitative estimate of drug-likeness (QED) is 0.731. The van der Waals surface area contributed by atoms with Crippen LogP contribution in [0.5, 0.6) is 0 Å². The number of thioether (sulfide) groups is 1. The molecule has 3 aromatic rings. The lowest BCUT2D eigenvalue weighted by atomic mass is 9.99. The fourth-order valence-corrected chi connectivity index (χ4v) is 3.90. The molecule has 1 aromatic carbocycles. The van der Waals surface area contributed by atoms with Crippen molar-refractivity contribution in [3.8, 4) is 0 Å². The number of hydrogen-bond donors (Lipinski definition) is 1. The maximum atomic E-state index is 12.3. The average molecular weight is 355 g/mol. The first-order valence-electron chi connectivity index (χ1n) is 8.63. The van der Waals surface area contributed by atoms with Crippen molar-refractivity contribution >= 4 is 39.7 Å². The van der Waals surface area contributed by atoms with E-state index in [0.29, 0.717) is 10.9 Å². The van der Waals surface area contributed by atoms with Gasteiger partial charge in [0.25, 0.3) is 0 Å². The number of carbonyl (C=O) groups excluding carboxylic acids is 1. The summed E-state index contributed by atoms with van der Waals surface area (Å²) in [5.74, 6) is 1.24. The van der Waals surface area contributed by atoms with Gasteiger partial charge in [0.05, 0.1) is 5.75 Å². The summed E-state index contributed by atoms with van der Waals surface area (Å²) in [4.78, 5) is 22.1. The fourth-order valence-electron chi connectivity index (χ4n) is 3.21. The Morgan fingerprint density at radius 2 is 2.12 bits per heavy atom. The molecule has 0 radical (unpaired) electrons. The molecule has 0 atom stereocenters. The van der Waals surface area contributed by atoms with Crippen molar-refractivity contribution in [1.82, 2.24) is 25.1 Å². The zero-order valence-electron chi connectivity index (χ0n) is 14.5. The van der Waals surface area contributed by atoms with E-state index in [1.54, 1.807) is 0 Å². The molecule has 130 valence electrons. The van der Waals surface area contributed by atoms with Crippen LogP contribution < -0.4 is 0 Å². The van der Waals surface area contributed by atoms with Gasteiger partial charge in [-0.25, -0.2) is 4.98 Å². The lowest BCUT2D eigenvalue weighted by molar-refractivity contribution is -0.129. The van der Waals surface area contributed by atoms with Crippen molar-refractivity contribution in [3.05, 3.63) is 23.8 Å². The van der Waals surface area contributed by atoms with Gasteiger partial charge in [-0.05, 0) is 37.8 Å². The predicted molar refractivity (Wildman–Crippen MR) is 99.6 cm³/mol. The predicted octanol–water partition coefficient (Wildman–Crippen LogP) is 3.17. The van der Waals surface area contributed by atoms with Crippen LogP contribution in [0.3, 0.4) is 0 Å². The van der Waals surface area contributed by atoms with Crippen LogP contribution in [-0.2, 0) is 4.79 Å². The summed E-state index contributed by atoms with van der Waals surface area (Å²) in [5, 5.41) is 10.1. The first-order chi connectivity index (χ1) is 12.1. The topological polar surface area (TPSA) is 74.8 Å². The molecule has 1 saturated heterocycles. The number of rotatable bonds is 3. The number of nitrogens with zero attached hydrogens (tertiary/aromatic N) is 4. The van der Waals surface area contributed by atoms with E-state index >= 15 is 0 Å². The summed E-state index contributed by atoms with van der Waals surface area (Å²) in [7, 11) is 0. The molecule has 1 aliphatic heterocycles. The molecular weight excluding hydrogens is 334 g/mol. The van der Waals surface area contributed by atoms with Crippen molar-refractivity contribution in [1.29, 1.82) is 0 Å². The molecule has 1 aliphatic rings. The van der Waals surface area contributed by atoms with Gasteiger partial charge in [0.15, 0.2) is 5.65 Å². The zero-order valence-corrected chi connectivity index (χ0v) is 15.3. The van der Waals surface area contributed by atoms with Crippen LogP contribution in [0, 0.1) is 12.8 Å². The summed E-state index contributed by atoms with van der Waals surface area (Å²) in [6.07, 6.45) is 2.18. The molecule has 3 heterocycles. The maximum absolute atomic E-state index is 12.3. The molecule has 0 bridgehead atoms. The van der Waals surface area contributed by atoms with Crippen LogP contribution in [0.4, 0.5) is 0 Å². The Kier molecular flexibility index (Phi) is 4.33. The molecule has 1 amide bonds. The highest BCUT2D eigenvalue weighted by Gasteiger charge is 2.20. The molecule has 0 unspecified atom stereocenters. The van der Waals surface area contributed by atoms with E-state index in [0.717, 1.165) is 53.9 Å². The fraction of sp³-hybridized carbons (Fsp3) is 0.444. The molecule has 0 saturated carbocycles. The van der Waals surface area contributed by atoms with Crippen molar-refractivity contribution < 1.29 is 4.79 Å². The summed E-state index contributed by atoms with van der Waals surface area (Å²) >= 11 is 1.35. The molecule has 6 nitrogen and oxygen atoms in total. The van der Waals surface area contributed by atoms with E-state index in [1.807, 2.05) is 11.0 Å². The number of fused-ring (bicyclic) bond motifs is 3. The third kappa shape index (κ3) is 3.33. The number of carbonyl (C=O) groups is 1. The van der Waals surface area contributed by atoms with Gasteiger partial charge in [-0.3, -0.25) is 4.79 Å². The highest BCUT2D eigenvalue weighted by molar-refractivity contribution is 7.99. The normalized spacial score (nSPS) is 16.0. The van der Waals surface area contributed by atoms with Crippen molar-refractivity contribution in [2.45, 2.75) is 31.8 Å². The number of nitrogens with one attached hydrogen (secondary N) is 1. The Morgan fingerprint density at radius 3 is 2.92 bits per heavy atom. The summed E-state index contributed by atoms with van der Waals surface area (Å²) < 4.78 is 0. The molecular formula is C18H21N5OS. The highest BCUT2D eigenvalue weighted by Crippen LogP contribution is 2.25. The van der Waals surface area contributed by atoms with Gasteiger partial charge in [-0.15, -0.1) is 10.2 Å². The Balaban J connectivity index is 1.48. The van der Waals surface area contributed by atoms with E-state index in [1.165, 1.54) is 17.3 Å². The summed E-state index contributed by atoms with van der Waals surface area (Å²) in [6.45, 7) is 6.02. The number of benzene rings is 1. The summed E-state index contributed by atoms with van der Waals surface area (Å²) in [6, 6.07) is 6.17. The molecule has 1 N–H and O–H groups in total. The first-order valence-corrected chi connectivity index (χ1v) is 9.62. The van der Waals surface area contributed by atoms with Crippen molar-refractivity contribution in [3.63, 3.8) is 0 Å². The zero-order chi connectivity index (χ0) is 17.4. The van der Waals surface area contributed by atoms with Gasteiger partial charge in [0.1, 0.15) is 5.52 Å². The van der Waals surface area contributed by atoms with E-state index in [9.17, 15) is 4.79 Å². The Morgan fingerprint density at radius 1 is 1.32 bits per heavy atom. The van der Waals surface area contributed by atoms with Gasteiger partial charge < -0.3 is 9.88 Å². The molecule has 0 spiro atoms. The second kappa shape index (κ2) is 6.63. The Bertz CT molecular complexity index is 930. The third-order valence-corrected chi connectivity index (χ3v) is 5.63. The van der Waals surface area contributed by atoms with Crippen molar-refractivity contribution in [2.24, 2.45) is 5.92 Å². The highest BCUT2D eigenvalue weighted by atomic mass is 32.2. The number of aromatic nitrogens is 4. The van der Waals surface area contributed by atoms with Gasteiger partial charge in [-0.2, -0.15) is 0 Å². The Hall–Kier alpha value is -2.15. The second-order valence-electron chi connectivity index (χ2n) is 6.82. The maximum Gasteiger partial charge on any atom is 0.233 e. The molecule has 2 aromatic heterocycles. The number of likely N-dealkylation sites (tertiary alicyclic amines) is 1. The number of hydrogen-bond acceptors (Lipinski definition) is 5. The molecule has 1 fully saturated rings. The van der Waals surface area contributed by atoms with Crippen LogP contribution in [-0.4, -0.2) is 49.8 Å². The lowest BCUT2D eigenvalue weighted by Crippen LogP contribution is -2.38. The smallest absolute Gasteiger partial charge is 0.233 e. The van der Waals surface area contributed by atoms with E-state index in [-0.39, 0.29) is 5.91 Å². The van der Waals surface area contributed by atoms with Gasteiger partial charge >= 0.3 is 0 Å². The number of amides is 1. The van der Waals surface area contributed by atoms with E-state index in [2.05, 4.69) is 46.1 Å². The third-order valence-electron chi connectivity index (χ3n) is 4.81. The van der Waals surface area contributed by atoms with Crippen LogP contribution in [0.2, 0.25) is 0 Å². The van der Waals surface area contributed by atoms with Crippen molar-refractivity contribution in [2.75, 3.05) is 18.8 Å². The molecule has 7 heteroatoms. The van der Waals surface area contributed by atoms with Crippen LogP contribution in [0.1, 0.15) is 25.3 Å². The number of aryl methyl sites for hydroxylation is 1. The Labute approximate surface area is 150 Å². The molecule has 4 rings (SSSR count). The van der Waals surface area contributed by atoms with Gasteiger partial charge in [0, 0.05) is 24.0 Å². The SMILES string of the molecule is Cc1ccc2[nH]c3nc(SCC(=O)N4CCC(C)CC4)nnc3c2c1. The minimum atomic E-state index is 0.160. The second-order valence-corrected chi connectivity index (χ2v) is 7.76. The lowest BCUT2D eigenvalue weighted by Gasteiger charge is -2.30. The van der Waals surface area contributed by atoms with Crippen LogP contribution in [0.25, 0.3) is 22.1 Å². The minimum absolute atomic E-state index is 0.160. The summed E-state index contributed by atoms with van der Waals surface area (Å²) in [5.41, 5.74) is 3.68. The monoisotopic (exact) mass is 355 g/mol. The van der Waals surface area contributed by atoms with Crippen LogP contribution in [0.15, 0.2) is 23.4 Å². The average Bonchev–Trinajstić information content (AvgIpc) is 2.97. The number of aromatic amines is 1. The first kappa shape index (κ1) is 16.3. The van der Waals surface area contributed by atoms with Crippen LogP contribution >= 0.6 is 11.8 Å². The van der Waals surface area contributed by atoms with E-state index < -0.39 is 0 Å². The van der Waals surface area contributed by atoms with Gasteiger partial charge in [0.2, 0.25) is 11.1 Å². The molecule has 25 heavy (non-hydrogen) atoms. The molecule has 0 aliphatic carbocycles. The minimum Gasteiger partial charge on any atom is -0.342 e. The van der Waals surface area contributed by atoms with Gasteiger partial charge in [-0.1, -0.05) is 30.3 Å². The number of H-pyrrole nitrogens is 1. The largest absolute Gasteiger partial charge is 0.342 e. The standard InChI is InChI=1S/C18H21N5OS/c1-11-5-7-23(8-6-11)15(24)10-25-18-20-17-16(21-22-18)13-9-12(2)3-4-14(13)19-17/h3-4,9,11H,5-8,10H2,1-2H3,(H,19,20,22).